The molecule has 31 heavy (non-hydrogen) atoms. The number of carbonyl (C=O) groups is 2. The SMILES string of the molecule is O=C1NC[C@H]2[C@@H]1[C@H](c1ccnc(Cl)c1F)[C@]1(C(=O)Nc3cc(Cl)ccc31)N2CC1CC1. The van der Waals surface area contributed by atoms with Crippen LogP contribution in [0.5, 0.6) is 0 Å². The van der Waals surface area contributed by atoms with Crippen molar-refractivity contribution in [2.45, 2.75) is 30.3 Å². The van der Waals surface area contributed by atoms with Gasteiger partial charge < -0.3 is 10.6 Å². The van der Waals surface area contributed by atoms with E-state index >= 15 is 4.39 Å². The summed E-state index contributed by atoms with van der Waals surface area (Å²) < 4.78 is 15.3. The van der Waals surface area contributed by atoms with Crippen molar-refractivity contribution in [1.82, 2.24) is 15.2 Å². The number of pyridine rings is 1. The molecule has 2 N–H and O–H groups in total. The molecule has 160 valence electrons. The molecular formula is C22H19Cl2FN4O2. The quantitative estimate of drug-likeness (QED) is 0.689. The summed E-state index contributed by atoms with van der Waals surface area (Å²) in [5, 5.41) is 6.12. The van der Waals surface area contributed by atoms with Crippen LogP contribution >= 0.6 is 23.2 Å². The Morgan fingerprint density at radius 1 is 1.23 bits per heavy atom. The Labute approximate surface area is 188 Å². The number of benzene rings is 1. The average molecular weight is 461 g/mol. The van der Waals surface area contributed by atoms with Crippen LogP contribution < -0.4 is 10.6 Å². The van der Waals surface area contributed by atoms with Gasteiger partial charge in [0.15, 0.2) is 11.0 Å². The molecule has 9 heteroatoms. The first kappa shape index (κ1) is 19.5. The molecule has 0 bridgehead atoms. The first-order valence-electron chi connectivity index (χ1n) is 10.4. The van der Waals surface area contributed by atoms with E-state index in [-0.39, 0.29) is 28.6 Å². The molecule has 1 aromatic heterocycles. The van der Waals surface area contributed by atoms with E-state index < -0.39 is 23.2 Å². The highest BCUT2D eigenvalue weighted by Gasteiger charge is 2.70. The van der Waals surface area contributed by atoms with Gasteiger partial charge in [0.05, 0.1) is 5.92 Å². The molecule has 1 saturated carbocycles. The zero-order chi connectivity index (χ0) is 21.5. The summed E-state index contributed by atoms with van der Waals surface area (Å²) in [6.45, 7) is 1.09. The van der Waals surface area contributed by atoms with Crippen LogP contribution in [0.2, 0.25) is 10.2 Å². The van der Waals surface area contributed by atoms with Crippen molar-refractivity contribution in [2.75, 3.05) is 18.4 Å². The zero-order valence-corrected chi connectivity index (χ0v) is 17.9. The van der Waals surface area contributed by atoms with E-state index in [1.54, 1.807) is 12.1 Å². The Bertz CT molecular complexity index is 1140. The van der Waals surface area contributed by atoms with Gasteiger partial charge in [0.2, 0.25) is 11.8 Å². The standard InChI is InChI=1S/C22H19Cl2FN4O2/c23-11-3-4-13-14(7-11)28-21(31)22(13)17(12-5-6-26-19(24)18(12)25)16-15(8-27-20(16)30)29(22)9-10-1-2-10/h3-7,10,15-17H,1-2,8-9H2,(H,27,30)(H,28,31)/t15-,16+,17-,22+/m0/s1. The van der Waals surface area contributed by atoms with E-state index in [4.69, 9.17) is 23.2 Å². The lowest BCUT2D eigenvalue weighted by Gasteiger charge is -2.40. The molecule has 1 spiro atoms. The third-order valence-electron chi connectivity index (χ3n) is 7.22. The number of likely N-dealkylation sites (tertiary alicyclic amines) is 1. The van der Waals surface area contributed by atoms with Crippen molar-refractivity contribution >= 4 is 40.7 Å². The van der Waals surface area contributed by atoms with Gasteiger partial charge in [-0.3, -0.25) is 14.5 Å². The normalized spacial score (nSPS) is 31.6. The minimum absolute atomic E-state index is 0.171. The maximum atomic E-state index is 15.3. The van der Waals surface area contributed by atoms with Crippen LogP contribution in [0.3, 0.4) is 0 Å². The second kappa shape index (κ2) is 6.64. The van der Waals surface area contributed by atoms with Gasteiger partial charge in [0, 0.05) is 47.5 Å². The minimum Gasteiger partial charge on any atom is -0.354 e. The number of rotatable bonds is 3. The summed E-state index contributed by atoms with van der Waals surface area (Å²) in [7, 11) is 0. The molecule has 2 saturated heterocycles. The van der Waals surface area contributed by atoms with Gasteiger partial charge in [-0.25, -0.2) is 9.37 Å². The first-order valence-corrected chi connectivity index (χ1v) is 11.1. The summed E-state index contributed by atoms with van der Waals surface area (Å²) in [6.07, 6.45) is 3.59. The maximum Gasteiger partial charge on any atom is 0.250 e. The van der Waals surface area contributed by atoms with Crippen LogP contribution in [0, 0.1) is 17.7 Å². The Morgan fingerprint density at radius 2 is 2.03 bits per heavy atom. The van der Waals surface area contributed by atoms with Crippen LogP contribution in [0.25, 0.3) is 0 Å². The highest BCUT2D eigenvalue weighted by molar-refractivity contribution is 6.31. The number of halogens is 3. The van der Waals surface area contributed by atoms with E-state index in [0.717, 1.165) is 18.4 Å². The predicted octanol–water partition coefficient (Wildman–Crippen LogP) is 3.30. The summed E-state index contributed by atoms with van der Waals surface area (Å²) >= 11 is 12.2. The van der Waals surface area contributed by atoms with Crippen LogP contribution in [0.15, 0.2) is 30.5 Å². The number of hydrogen-bond donors (Lipinski definition) is 2. The molecule has 3 aliphatic heterocycles. The molecule has 6 nitrogen and oxygen atoms in total. The first-order chi connectivity index (χ1) is 14.9. The van der Waals surface area contributed by atoms with Crippen LogP contribution in [0.4, 0.5) is 10.1 Å². The summed E-state index contributed by atoms with van der Waals surface area (Å²) in [4.78, 5) is 32.8. The minimum atomic E-state index is -1.22. The van der Waals surface area contributed by atoms with E-state index in [9.17, 15) is 9.59 Å². The van der Waals surface area contributed by atoms with Crippen molar-refractivity contribution in [3.05, 3.63) is 57.6 Å². The topological polar surface area (TPSA) is 74.3 Å². The van der Waals surface area contributed by atoms with Gasteiger partial charge in [0.1, 0.15) is 5.54 Å². The fourth-order valence-corrected chi connectivity index (χ4v) is 6.17. The van der Waals surface area contributed by atoms with Gasteiger partial charge >= 0.3 is 0 Å². The Morgan fingerprint density at radius 3 is 2.81 bits per heavy atom. The van der Waals surface area contributed by atoms with Gasteiger partial charge in [-0.1, -0.05) is 29.3 Å². The highest BCUT2D eigenvalue weighted by Crippen LogP contribution is 2.61. The molecule has 4 heterocycles. The molecular weight excluding hydrogens is 442 g/mol. The fourth-order valence-electron chi connectivity index (χ4n) is 5.84. The van der Waals surface area contributed by atoms with E-state index in [2.05, 4.69) is 20.5 Å². The number of aromatic nitrogens is 1. The lowest BCUT2D eigenvalue weighted by atomic mass is 9.71. The van der Waals surface area contributed by atoms with Crippen molar-refractivity contribution in [2.24, 2.45) is 11.8 Å². The van der Waals surface area contributed by atoms with Crippen molar-refractivity contribution in [3.8, 4) is 0 Å². The second-order valence-corrected chi connectivity index (χ2v) is 9.62. The summed E-state index contributed by atoms with van der Waals surface area (Å²) in [6, 6.07) is 6.58. The van der Waals surface area contributed by atoms with Gasteiger partial charge in [-0.15, -0.1) is 0 Å². The number of fused-ring (bicyclic) bond motifs is 3. The third kappa shape index (κ3) is 2.57. The molecule has 0 radical (unpaired) electrons. The smallest absolute Gasteiger partial charge is 0.250 e. The third-order valence-corrected chi connectivity index (χ3v) is 7.71. The second-order valence-electron chi connectivity index (χ2n) is 8.83. The molecule has 0 unspecified atom stereocenters. The summed E-state index contributed by atoms with van der Waals surface area (Å²) in [5.74, 6) is -1.99. The lowest BCUT2D eigenvalue weighted by Crippen LogP contribution is -2.54. The van der Waals surface area contributed by atoms with Crippen molar-refractivity contribution in [1.29, 1.82) is 0 Å². The average Bonchev–Trinajstić information content (AvgIpc) is 3.33. The van der Waals surface area contributed by atoms with Gasteiger partial charge in [0.25, 0.3) is 0 Å². The van der Waals surface area contributed by atoms with Crippen LogP contribution in [0.1, 0.15) is 29.9 Å². The zero-order valence-electron chi connectivity index (χ0n) is 16.4. The van der Waals surface area contributed by atoms with Gasteiger partial charge in [-0.05, 0) is 42.5 Å². The molecule has 1 aliphatic carbocycles. The maximum absolute atomic E-state index is 15.3. The number of nitrogens with zero attached hydrogens (tertiary/aromatic N) is 2. The number of amides is 2. The van der Waals surface area contributed by atoms with Crippen molar-refractivity contribution < 1.29 is 14.0 Å². The molecule has 3 fully saturated rings. The molecule has 1 aromatic carbocycles. The van der Waals surface area contributed by atoms with Gasteiger partial charge in [-0.2, -0.15) is 0 Å². The Kier molecular flexibility index (Phi) is 4.17. The molecule has 6 rings (SSSR count). The van der Waals surface area contributed by atoms with Crippen LogP contribution in [-0.2, 0) is 15.1 Å². The molecule has 2 amide bonds. The predicted molar refractivity (Wildman–Crippen MR) is 113 cm³/mol. The monoisotopic (exact) mass is 460 g/mol. The number of anilines is 1. The Balaban J connectivity index is 1.65. The number of nitrogens with one attached hydrogen (secondary N) is 2. The largest absolute Gasteiger partial charge is 0.354 e. The van der Waals surface area contributed by atoms with E-state index in [0.29, 0.717) is 29.7 Å². The van der Waals surface area contributed by atoms with E-state index in [1.807, 2.05) is 6.07 Å². The Hall–Kier alpha value is -2.22. The molecule has 2 aromatic rings. The summed E-state index contributed by atoms with van der Waals surface area (Å²) in [5.41, 5.74) is 0.343. The number of carbonyl (C=O) groups excluding carboxylic acids is 2. The molecule has 4 atom stereocenters. The van der Waals surface area contributed by atoms with Crippen LogP contribution in [-0.4, -0.2) is 40.8 Å². The number of hydrogen-bond acceptors (Lipinski definition) is 4. The van der Waals surface area contributed by atoms with Crippen molar-refractivity contribution in [3.63, 3.8) is 0 Å². The van der Waals surface area contributed by atoms with E-state index in [1.165, 1.54) is 12.3 Å². The lowest BCUT2D eigenvalue weighted by molar-refractivity contribution is -0.128. The fraction of sp³-hybridized carbons (Fsp3) is 0.409. The highest BCUT2D eigenvalue weighted by atomic mass is 35.5. The molecule has 4 aliphatic rings.